The lowest BCUT2D eigenvalue weighted by Gasteiger charge is -2.10. The van der Waals surface area contributed by atoms with Crippen molar-refractivity contribution in [2.24, 2.45) is 5.92 Å². The number of carbonyl (C=O) groups is 2. The van der Waals surface area contributed by atoms with Gasteiger partial charge < -0.3 is 16.0 Å². The normalized spacial score (nSPS) is 10.1. The van der Waals surface area contributed by atoms with Gasteiger partial charge in [0.1, 0.15) is 0 Å². The number of aromatic nitrogens is 1. The Labute approximate surface area is 113 Å². The van der Waals surface area contributed by atoms with Crippen LogP contribution in [0.4, 0.5) is 5.69 Å². The van der Waals surface area contributed by atoms with Crippen molar-refractivity contribution in [3.05, 3.63) is 24.0 Å². The summed E-state index contributed by atoms with van der Waals surface area (Å²) >= 11 is 0. The molecule has 0 fully saturated rings. The van der Waals surface area contributed by atoms with Gasteiger partial charge in [0.25, 0.3) is 5.91 Å². The molecule has 104 valence electrons. The molecule has 0 atom stereocenters. The van der Waals surface area contributed by atoms with Crippen LogP contribution in [0.5, 0.6) is 0 Å². The molecule has 0 bridgehead atoms. The quantitative estimate of drug-likeness (QED) is 0.703. The maximum Gasteiger partial charge on any atom is 0.255 e. The van der Waals surface area contributed by atoms with Crippen LogP contribution in [-0.2, 0) is 4.79 Å². The highest BCUT2D eigenvalue weighted by Crippen LogP contribution is 2.11. The van der Waals surface area contributed by atoms with E-state index >= 15 is 0 Å². The molecule has 0 unspecified atom stereocenters. The van der Waals surface area contributed by atoms with Crippen LogP contribution in [0.15, 0.2) is 18.5 Å². The maximum absolute atomic E-state index is 11.9. The second-order valence-corrected chi connectivity index (χ2v) is 4.55. The van der Waals surface area contributed by atoms with Crippen molar-refractivity contribution in [1.82, 2.24) is 15.6 Å². The minimum absolute atomic E-state index is 0.0381. The van der Waals surface area contributed by atoms with E-state index in [1.165, 1.54) is 6.20 Å². The minimum atomic E-state index is -0.322. The largest absolute Gasteiger partial charge is 0.387 e. The van der Waals surface area contributed by atoms with Crippen molar-refractivity contribution < 1.29 is 9.59 Å². The number of rotatable bonds is 6. The minimum Gasteiger partial charge on any atom is -0.387 e. The fourth-order valence-corrected chi connectivity index (χ4v) is 1.43. The monoisotopic (exact) mass is 264 g/mol. The van der Waals surface area contributed by atoms with Crippen LogP contribution < -0.4 is 16.0 Å². The number of nitrogens with zero attached hydrogens (tertiary/aromatic N) is 1. The number of nitrogens with one attached hydrogen (secondary N) is 3. The summed E-state index contributed by atoms with van der Waals surface area (Å²) in [6, 6.07) is 1.70. The zero-order chi connectivity index (χ0) is 14.3. The number of pyridine rings is 1. The molecule has 0 saturated heterocycles. The van der Waals surface area contributed by atoms with Gasteiger partial charge in [-0.3, -0.25) is 14.6 Å². The van der Waals surface area contributed by atoms with E-state index in [0.29, 0.717) is 23.7 Å². The van der Waals surface area contributed by atoms with Crippen molar-refractivity contribution in [1.29, 1.82) is 0 Å². The summed E-state index contributed by atoms with van der Waals surface area (Å²) in [5, 5.41) is 8.20. The Hall–Kier alpha value is -2.11. The lowest BCUT2D eigenvalue weighted by molar-refractivity contribution is -0.120. The molecule has 0 aliphatic rings. The Kier molecular flexibility index (Phi) is 5.78. The van der Waals surface area contributed by atoms with Crippen LogP contribution in [-0.4, -0.2) is 36.9 Å². The van der Waals surface area contributed by atoms with E-state index < -0.39 is 0 Å². The van der Waals surface area contributed by atoms with Crippen molar-refractivity contribution in [2.45, 2.75) is 13.8 Å². The molecule has 0 saturated carbocycles. The number of anilines is 1. The van der Waals surface area contributed by atoms with E-state index in [4.69, 9.17) is 0 Å². The number of carbonyl (C=O) groups excluding carboxylic acids is 2. The highest BCUT2D eigenvalue weighted by Gasteiger charge is 2.11. The summed E-state index contributed by atoms with van der Waals surface area (Å²) in [7, 11) is 1.72. The first-order valence-electron chi connectivity index (χ1n) is 6.21. The molecule has 19 heavy (non-hydrogen) atoms. The molecule has 0 radical (unpaired) electrons. The Morgan fingerprint density at radius 3 is 2.68 bits per heavy atom. The Balaban J connectivity index is 2.49. The average molecular weight is 264 g/mol. The van der Waals surface area contributed by atoms with Gasteiger partial charge in [-0.25, -0.2) is 0 Å². The molecule has 1 aromatic heterocycles. The van der Waals surface area contributed by atoms with Crippen LogP contribution in [0.3, 0.4) is 0 Å². The number of hydrogen-bond acceptors (Lipinski definition) is 4. The van der Waals surface area contributed by atoms with E-state index in [1.807, 2.05) is 13.8 Å². The molecule has 1 heterocycles. The van der Waals surface area contributed by atoms with Gasteiger partial charge in [-0.15, -0.1) is 0 Å². The fourth-order valence-electron chi connectivity index (χ4n) is 1.43. The van der Waals surface area contributed by atoms with Crippen LogP contribution >= 0.6 is 0 Å². The summed E-state index contributed by atoms with van der Waals surface area (Å²) in [4.78, 5) is 27.3. The number of hydrogen-bond donors (Lipinski definition) is 3. The van der Waals surface area contributed by atoms with Crippen LogP contribution in [0.2, 0.25) is 0 Å². The van der Waals surface area contributed by atoms with Gasteiger partial charge in [0, 0.05) is 31.7 Å². The summed E-state index contributed by atoms with van der Waals surface area (Å²) in [5.41, 5.74) is 1.09. The third-order valence-electron chi connectivity index (χ3n) is 2.45. The summed E-state index contributed by atoms with van der Waals surface area (Å²) in [6.45, 7) is 4.58. The molecule has 0 spiro atoms. The third kappa shape index (κ3) is 4.95. The van der Waals surface area contributed by atoms with Crippen molar-refractivity contribution in [3.63, 3.8) is 0 Å². The first-order chi connectivity index (χ1) is 9.04. The molecule has 6 nitrogen and oxygen atoms in total. The van der Waals surface area contributed by atoms with Crippen LogP contribution in [0.25, 0.3) is 0 Å². The molecule has 1 aromatic rings. The molecule has 0 aliphatic carbocycles. The molecule has 1 rings (SSSR count). The standard InChI is InChI=1S/C13H20N4O2/c1-9(2)6-16-12(18)8-17-13(19)10-7-15-5-4-11(10)14-3/h4-5,7,9H,6,8H2,1-3H3,(H,14,15)(H,16,18)(H,17,19). The molecular formula is C13H20N4O2. The maximum atomic E-state index is 11.9. The molecule has 3 N–H and O–H groups in total. The number of amides is 2. The molecule has 0 aliphatic heterocycles. The van der Waals surface area contributed by atoms with E-state index in [0.717, 1.165) is 0 Å². The van der Waals surface area contributed by atoms with E-state index in [1.54, 1.807) is 19.3 Å². The molecular weight excluding hydrogens is 244 g/mol. The van der Waals surface area contributed by atoms with Gasteiger partial charge in [-0.2, -0.15) is 0 Å². The Morgan fingerprint density at radius 1 is 1.32 bits per heavy atom. The fraction of sp³-hybridized carbons (Fsp3) is 0.462. The van der Waals surface area contributed by atoms with Gasteiger partial charge in [0.2, 0.25) is 5.91 Å². The predicted octanol–water partition coefficient (Wildman–Crippen LogP) is 0.625. The lowest BCUT2D eigenvalue weighted by atomic mass is 10.2. The predicted molar refractivity (Wildman–Crippen MR) is 74.0 cm³/mol. The smallest absolute Gasteiger partial charge is 0.255 e. The Bertz CT molecular complexity index is 446. The Morgan fingerprint density at radius 2 is 2.05 bits per heavy atom. The first-order valence-corrected chi connectivity index (χ1v) is 6.21. The van der Waals surface area contributed by atoms with Gasteiger partial charge >= 0.3 is 0 Å². The van der Waals surface area contributed by atoms with Crippen molar-refractivity contribution in [2.75, 3.05) is 25.5 Å². The zero-order valence-corrected chi connectivity index (χ0v) is 11.5. The molecule has 2 amide bonds. The van der Waals surface area contributed by atoms with Gasteiger partial charge in [-0.1, -0.05) is 13.8 Å². The molecule has 6 heteroatoms. The first kappa shape index (κ1) is 14.9. The van der Waals surface area contributed by atoms with Gasteiger partial charge in [-0.05, 0) is 12.0 Å². The van der Waals surface area contributed by atoms with Crippen molar-refractivity contribution in [3.8, 4) is 0 Å². The highest BCUT2D eigenvalue weighted by atomic mass is 16.2. The van der Waals surface area contributed by atoms with E-state index in [-0.39, 0.29) is 18.4 Å². The topological polar surface area (TPSA) is 83.1 Å². The lowest BCUT2D eigenvalue weighted by Crippen LogP contribution is -2.38. The van der Waals surface area contributed by atoms with Crippen molar-refractivity contribution >= 4 is 17.5 Å². The second kappa shape index (κ2) is 7.35. The van der Waals surface area contributed by atoms with Crippen LogP contribution in [0, 0.1) is 5.92 Å². The van der Waals surface area contributed by atoms with Crippen LogP contribution in [0.1, 0.15) is 24.2 Å². The van der Waals surface area contributed by atoms with E-state index in [9.17, 15) is 9.59 Å². The molecule has 0 aromatic carbocycles. The highest BCUT2D eigenvalue weighted by molar-refractivity contribution is 6.00. The van der Waals surface area contributed by atoms with Gasteiger partial charge in [0.05, 0.1) is 12.1 Å². The average Bonchev–Trinajstić information content (AvgIpc) is 2.42. The third-order valence-corrected chi connectivity index (χ3v) is 2.45. The summed E-state index contributed by atoms with van der Waals surface area (Å²) in [6.07, 6.45) is 3.06. The van der Waals surface area contributed by atoms with Gasteiger partial charge in [0.15, 0.2) is 0 Å². The van der Waals surface area contributed by atoms with E-state index in [2.05, 4.69) is 20.9 Å². The second-order valence-electron chi connectivity index (χ2n) is 4.55. The SMILES string of the molecule is CNc1ccncc1C(=O)NCC(=O)NCC(C)C. The summed E-state index contributed by atoms with van der Waals surface area (Å²) in [5.74, 6) is -0.136. The zero-order valence-electron chi connectivity index (χ0n) is 11.5. The summed E-state index contributed by atoms with van der Waals surface area (Å²) < 4.78 is 0.